The molecule has 2 aromatic heterocycles. The fourth-order valence-electron chi connectivity index (χ4n) is 7.10. The lowest BCUT2D eigenvalue weighted by Crippen LogP contribution is -2.10. The van der Waals surface area contributed by atoms with Gasteiger partial charge in [-0.15, -0.1) is 22.7 Å². The number of hydrogen-bond acceptors (Lipinski definition) is 4. The van der Waals surface area contributed by atoms with E-state index in [4.69, 9.17) is 4.98 Å². The Kier molecular flexibility index (Phi) is 6.57. The van der Waals surface area contributed by atoms with Crippen molar-refractivity contribution in [1.82, 2.24) is 4.98 Å². The standard InChI is InChI=1S/C45H28N2S2/c1-3-11-29(12-4-1)30-21-24-34(25-22-30)47(35-26-23-32-20-19-31-13-7-8-16-36(31)38(32)27-35)42-43-39(37-17-9-10-18-41(37)48-43)28-40-44(42)49-45(46-40)33-14-5-2-6-15-33/h1-28H. The molecular weight excluding hydrogens is 633 g/mol. The van der Waals surface area contributed by atoms with E-state index in [0.717, 1.165) is 27.5 Å². The van der Waals surface area contributed by atoms with E-state index in [0.29, 0.717) is 0 Å². The zero-order valence-electron chi connectivity index (χ0n) is 26.4. The Labute approximate surface area is 291 Å². The minimum Gasteiger partial charge on any atom is -0.308 e. The number of hydrogen-bond donors (Lipinski definition) is 0. The Morgan fingerprint density at radius 2 is 1.02 bits per heavy atom. The molecule has 0 fully saturated rings. The lowest BCUT2D eigenvalue weighted by molar-refractivity contribution is 1.32. The maximum absolute atomic E-state index is 5.29. The highest BCUT2D eigenvalue weighted by Crippen LogP contribution is 2.51. The molecule has 0 radical (unpaired) electrons. The van der Waals surface area contributed by atoms with Gasteiger partial charge in [0.05, 0.1) is 20.6 Å². The lowest BCUT2D eigenvalue weighted by atomic mass is 10.0. The van der Waals surface area contributed by atoms with Crippen LogP contribution >= 0.6 is 22.7 Å². The maximum atomic E-state index is 5.29. The summed E-state index contributed by atoms with van der Waals surface area (Å²) in [6, 6.07) is 61.4. The van der Waals surface area contributed by atoms with Crippen molar-refractivity contribution in [3.05, 3.63) is 170 Å². The number of anilines is 3. The third-order valence-electron chi connectivity index (χ3n) is 9.46. The third kappa shape index (κ3) is 4.72. The second-order valence-corrected chi connectivity index (χ2v) is 14.4. The summed E-state index contributed by atoms with van der Waals surface area (Å²) in [4.78, 5) is 7.77. The minimum absolute atomic E-state index is 1.02. The van der Waals surface area contributed by atoms with Crippen LogP contribution < -0.4 is 4.90 Å². The van der Waals surface area contributed by atoms with Crippen LogP contribution in [0.15, 0.2) is 170 Å². The van der Waals surface area contributed by atoms with E-state index in [1.165, 1.54) is 63.2 Å². The lowest BCUT2D eigenvalue weighted by Gasteiger charge is -2.27. The summed E-state index contributed by atoms with van der Waals surface area (Å²) >= 11 is 3.65. The van der Waals surface area contributed by atoms with Crippen LogP contribution in [0, 0.1) is 0 Å². The molecule has 0 N–H and O–H groups in total. The summed E-state index contributed by atoms with van der Waals surface area (Å²) in [6.45, 7) is 0. The van der Waals surface area contributed by atoms with Gasteiger partial charge in [0.15, 0.2) is 0 Å². The number of nitrogens with zero attached hydrogens (tertiary/aromatic N) is 2. The van der Waals surface area contributed by atoms with E-state index in [2.05, 4.69) is 175 Å². The van der Waals surface area contributed by atoms with Gasteiger partial charge >= 0.3 is 0 Å². The molecule has 0 saturated carbocycles. The first-order valence-corrected chi connectivity index (χ1v) is 18.1. The highest BCUT2D eigenvalue weighted by molar-refractivity contribution is 7.27. The maximum Gasteiger partial charge on any atom is 0.124 e. The highest BCUT2D eigenvalue weighted by atomic mass is 32.1. The number of rotatable bonds is 5. The van der Waals surface area contributed by atoms with Crippen LogP contribution in [0.2, 0.25) is 0 Å². The number of aromatic nitrogens is 1. The molecule has 2 nitrogen and oxygen atoms in total. The van der Waals surface area contributed by atoms with E-state index < -0.39 is 0 Å². The molecule has 0 saturated heterocycles. The van der Waals surface area contributed by atoms with Gasteiger partial charge in [0, 0.05) is 32.4 Å². The van der Waals surface area contributed by atoms with Crippen molar-refractivity contribution in [3.8, 4) is 21.7 Å². The van der Waals surface area contributed by atoms with Crippen LogP contribution in [0.3, 0.4) is 0 Å². The van der Waals surface area contributed by atoms with Gasteiger partial charge in [-0.05, 0) is 69.1 Å². The largest absolute Gasteiger partial charge is 0.308 e. The second kappa shape index (κ2) is 11.4. The molecule has 10 aromatic rings. The minimum atomic E-state index is 1.02. The SMILES string of the molecule is c1ccc(-c2ccc(N(c3ccc4ccc5ccccc5c4c3)c3c4sc(-c5ccccc5)nc4cc4c3sc3ccccc34)cc2)cc1. The molecule has 0 aliphatic carbocycles. The molecule has 0 aliphatic heterocycles. The molecule has 49 heavy (non-hydrogen) atoms. The first kappa shape index (κ1) is 28.2. The van der Waals surface area contributed by atoms with Crippen molar-refractivity contribution in [2.45, 2.75) is 0 Å². The molecule has 10 rings (SSSR count). The fourth-order valence-corrected chi connectivity index (χ4v) is 9.48. The van der Waals surface area contributed by atoms with Gasteiger partial charge in [0.2, 0.25) is 0 Å². The zero-order valence-corrected chi connectivity index (χ0v) is 28.0. The summed E-state index contributed by atoms with van der Waals surface area (Å²) in [5, 5.41) is 8.52. The quantitative estimate of drug-likeness (QED) is 0.171. The van der Waals surface area contributed by atoms with E-state index in [9.17, 15) is 0 Å². The summed E-state index contributed by atoms with van der Waals surface area (Å²) in [7, 11) is 0. The Morgan fingerprint density at radius 3 is 1.82 bits per heavy atom. The molecule has 8 aromatic carbocycles. The van der Waals surface area contributed by atoms with Crippen molar-refractivity contribution < 1.29 is 0 Å². The Balaban J connectivity index is 1.30. The van der Waals surface area contributed by atoms with Crippen LogP contribution in [0.4, 0.5) is 17.1 Å². The van der Waals surface area contributed by atoms with Crippen molar-refractivity contribution in [2.75, 3.05) is 4.90 Å². The molecule has 4 heteroatoms. The van der Waals surface area contributed by atoms with Crippen molar-refractivity contribution in [2.24, 2.45) is 0 Å². The summed E-state index contributed by atoms with van der Waals surface area (Å²) in [5.74, 6) is 0. The zero-order chi connectivity index (χ0) is 32.3. The van der Waals surface area contributed by atoms with E-state index in [1.54, 1.807) is 11.3 Å². The van der Waals surface area contributed by atoms with Gasteiger partial charge < -0.3 is 4.90 Å². The van der Waals surface area contributed by atoms with Crippen LogP contribution in [0.1, 0.15) is 0 Å². The molecule has 230 valence electrons. The van der Waals surface area contributed by atoms with Crippen molar-refractivity contribution in [1.29, 1.82) is 0 Å². The van der Waals surface area contributed by atoms with Gasteiger partial charge in [0.1, 0.15) is 5.01 Å². The van der Waals surface area contributed by atoms with E-state index >= 15 is 0 Å². The van der Waals surface area contributed by atoms with Gasteiger partial charge in [-0.1, -0.05) is 133 Å². The first-order chi connectivity index (χ1) is 24.3. The van der Waals surface area contributed by atoms with Gasteiger partial charge in [-0.25, -0.2) is 4.98 Å². The Bertz CT molecular complexity index is 2820. The van der Waals surface area contributed by atoms with E-state index in [-0.39, 0.29) is 0 Å². The molecule has 0 atom stereocenters. The van der Waals surface area contributed by atoms with E-state index in [1.807, 2.05) is 11.3 Å². The number of benzene rings is 8. The predicted octanol–water partition coefficient (Wildman–Crippen LogP) is 13.8. The van der Waals surface area contributed by atoms with Gasteiger partial charge in [-0.2, -0.15) is 0 Å². The van der Waals surface area contributed by atoms with Gasteiger partial charge in [-0.3, -0.25) is 0 Å². The smallest absolute Gasteiger partial charge is 0.124 e. The molecule has 0 spiro atoms. The molecular formula is C45H28N2S2. The van der Waals surface area contributed by atoms with Crippen LogP contribution in [-0.2, 0) is 0 Å². The Morgan fingerprint density at radius 1 is 0.408 bits per heavy atom. The molecule has 0 unspecified atom stereocenters. The Hall–Kier alpha value is -5.81. The number of thiazole rings is 1. The average Bonchev–Trinajstić information content (AvgIpc) is 3.77. The summed E-state index contributed by atoms with van der Waals surface area (Å²) in [5.41, 5.74) is 7.98. The van der Waals surface area contributed by atoms with Crippen molar-refractivity contribution >= 4 is 91.7 Å². The van der Waals surface area contributed by atoms with Gasteiger partial charge in [0.25, 0.3) is 0 Å². The average molecular weight is 661 g/mol. The van der Waals surface area contributed by atoms with Crippen LogP contribution in [-0.4, -0.2) is 4.98 Å². The number of thiophene rings is 1. The molecule has 0 amide bonds. The molecule has 0 aliphatic rings. The predicted molar refractivity (Wildman–Crippen MR) is 213 cm³/mol. The summed E-state index contributed by atoms with van der Waals surface area (Å²) < 4.78 is 3.73. The monoisotopic (exact) mass is 660 g/mol. The summed E-state index contributed by atoms with van der Waals surface area (Å²) in [6.07, 6.45) is 0. The molecule has 0 bridgehead atoms. The third-order valence-corrected chi connectivity index (χ3v) is 11.8. The highest BCUT2D eigenvalue weighted by Gasteiger charge is 2.24. The topological polar surface area (TPSA) is 16.1 Å². The van der Waals surface area contributed by atoms with Crippen molar-refractivity contribution in [3.63, 3.8) is 0 Å². The second-order valence-electron chi connectivity index (χ2n) is 12.4. The van der Waals surface area contributed by atoms with Crippen LogP contribution in [0.25, 0.3) is 73.6 Å². The normalized spacial score (nSPS) is 11.7. The van der Waals surface area contributed by atoms with Crippen LogP contribution in [0.5, 0.6) is 0 Å². The number of fused-ring (bicyclic) bond motifs is 7. The fraction of sp³-hybridized carbons (Fsp3) is 0. The first-order valence-electron chi connectivity index (χ1n) is 16.5. The molecule has 2 heterocycles.